The molecule has 0 bridgehead atoms. The highest BCUT2D eigenvalue weighted by Gasteiger charge is 2.08. The third kappa shape index (κ3) is 8.90. The van der Waals surface area contributed by atoms with Crippen LogP contribution in [0.4, 0.5) is 0 Å². The molecule has 0 radical (unpaired) electrons. The zero-order valence-corrected chi connectivity index (χ0v) is 11.1. The number of carbonyl (C=O) groups excluding carboxylic acids is 1. The molecule has 1 unspecified atom stereocenters. The summed E-state index contributed by atoms with van der Waals surface area (Å²) in [5.41, 5.74) is 5.54. The molecule has 0 aliphatic rings. The summed E-state index contributed by atoms with van der Waals surface area (Å²) in [4.78, 5) is 11.6. The first-order valence-electron chi connectivity index (χ1n) is 6.96. The minimum Gasteiger partial charge on any atom is -0.330 e. The van der Waals surface area contributed by atoms with Gasteiger partial charge in [-0.3, -0.25) is 4.79 Å². The average Bonchev–Trinajstić information content (AvgIpc) is 2.30. The standard InChI is InChI=1S/C14H29NO/c1-3-5-6-7-8-14(16)10-9-13(4-2)11-12-15/h13H,3-12,15H2,1-2H3. The first-order chi connectivity index (χ1) is 7.74. The molecule has 2 nitrogen and oxygen atoms in total. The van der Waals surface area contributed by atoms with E-state index in [1.165, 1.54) is 19.3 Å². The van der Waals surface area contributed by atoms with Crippen molar-refractivity contribution in [2.75, 3.05) is 6.54 Å². The minimum atomic E-state index is 0.451. The predicted molar refractivity (Wildman–Crippen MR) is 70.5 cm³/mol. The van der Waals surface area contributed by atoms with Crippen molar-refractivity contribution in [2.24, 2.45) is 11.7 Å². The number of carbonyl (C=O) groups is 1. The van der Waals surface area contributed by atoms with E-state index in [1.807, 2.05) is 0 Å². The number of hydrogen-bond acceptors (Lipinski definition) is 2. The molecule has 1 atom stereocenters. The monoisotopic (exact) mass is 227 g/mol. The van der Waals surface area contributed by atoms with Crippen molar-refractivity contribution in [3.05, 3.63) is 0 Å². The molecule has 0 rings (SSSR count). The quantitative estimate of drug-likeness (QED) is 0.547. The van der Waals surface area contributed by atoms with E-state index < -0.39 is 0 Å². The summed E-state index contributed by atoms with van der Waals surface area (Å²) >= 11 is 0. The van der Waals surface area contributed by atoms with Crippen LogP contribution in [0, 0.1) is 5.92 Å². The van der Waals surface area contributed by atoms with Crippen LogP contribution in [0.2, 0.25) is 0 Å². The van der Waals surface area contributed by atoms with Gasteiger partial charge in [0.1, 0.15) is 5.78 Å². The Morgan fingerprint density at radius 2 is 1.81 bits per heavy atom. The summed E-state index contributed by atoms with van der Waals surface area (Å²) in [5, 5.41) is 0. The van der Waals surface area contributed by atoms with E-state index in [2.05, 4.69) is 13.8 Å². The summed E-state index contributed by atoms with van der Waals surface area (Å²) in [6.07, 6.45) is 9.62. The molecule has 96 valence electrons. The van der Waals surface area contributed by atoms with Gasteiger partial charge in [0.05, 0.1) is 0 Å². The molecular weight excluding hydrogens is 198 g/mol. The van der Waals surface area contributed by atoms with Crippen LogP contribution >= 0.6 is 0 Å². The van der Waals surface area contributed by atoms with Gasteiger partial charge in [0.2, 0.25) is 0 Å². The fraction of sp³-hybridized carbons (Fsp3) is 0.929. The molecule has 0 aromatic rings. The van der Waals surface area contributed by atoms with Crippen molar-refractivity contribution in [3.63, 3.8) is 0 Å². The van der Waals surface area contributed by atoms with Gasteiger partial charge in [0.25, 0.3) is 0 Å². The predicted octanol–water partition coefficient (Wildman–Crippen LogP) is 3.68. The van der Waals surface area contributed by atoms with Gasteiger partial charge in [0.15, 0.2) is 0 Å². The Balaban J connectivity index is 3.47. The average molecular weight is 227 g/mol. The molecule has 16 heavy (non-hydrogen) atoms. The van der Waals surface area contributed by atoms with Gasteiger partial charge in [-0.1, -0.05) is 39.5 Å². The summed E-state index contributed by atoms with van der Waals surface area (Å²) in [7, 11) is 0. The van der Waals surface area contributed by atoms with E-state index in [0.717, 1.165) is 45.1 Å². The van der Waals surface area contributed by atoms with Crippen LogP contribution < -0.4 is 5.73 Å². The topological polar surface area (TPSA) is 43.1 Å². The third-order valence-electron chi connectivity index (χ3n) is 3.29. The molecule has 0 aromatic carbocycles. The number of Topliss-reactive ketones (excluding diaryl/α,β-unsaturated/α-hetero) is 1. The van der Waals surface area contributed by atoms with Crippen molar-refractivity contribution < 1.29 is 4.79 Å². The van der Waals surface area contributed by atoms with Crippen LogP contribution in [0.1, 0.15) is 71.6 Å². The lowest BCUT2D eigenvalue weighted by atomic mass is 9.94. The number of ketones is 1. The molecule has 0 heterocycles. The highest BCUT2D eigenvalue weighted by Crippen LogP contribution is 2.16. The highest BCUT2D eigenvalue weighted by atomic mass is 16.1. The van der Waals surface area contributed by atoms with Gasteiger partial charge in [-0.05, 0) is 31.7 Å². The van der Waals surface area contributed by atoms with Crippen molar-refractivity contribution in [3.8, 4) is 0 Å². The summed E-state index contributed by atoms with van der Waals surface area (Å²) in [6.45, 7) is 5.13. The Morgan fingerprint density at radius 3 is 2.38 bits per heavy atom. The zero-order valence-electron chi connectivity index (χ0n) is 11.1. The van der Waals surface area contributed by atoms with E-state index >= 15 is 0 Å². The lowest BCUT2D eigenvalue weighted by Crippen LogP contribution is -2.10. The SMILES string of the molecule is CCCCCCC(=O)CCC(CC)CCN. The van der Waals surface area contributed by atoms with Crippen LogP contribution in [0.5, 0.6) is 0 Å². The zero-order chi connectivity index (χ0) is 12.2. The van der Waals surface area contributed by atoms with Crippen molar-refractivity contribution in [1.29, 1.82) is 0 Å². The molecule has 0 aliphatic heterocycles. The van der Waals surface area contributed by atoms with E-state index in [-0.39, 0.29) is 0 Å². The summed E-state index contributed by atoms with van der Waals surface area (Å²) < 4.78 is 0. The van der Waals surface area contributed by atoms with Crippen LogP contribution in [0.15, 0.2) is 0 Å². The second-order valence-electron chi connectivity index (χ2n) is 4.74. The van der Waals surface area contributed by atoms with Gasteiger partial charge >= 0.3 is 0 Å². The molecule has 2 N–H and O–H groups in total. The Kier molecular flexibility index (Phi) is 10.9. The van der Waals surface area contributed by atoms with Gasteiger partial charge in [-0.2, -0.15) is 0 Å². The van der Waals surface area contributed by atoms with Crippen molar-refractivity contribution in [2.45, 2.75) is 71.6 Å². The van der Waals surface area contributed by atoms with E-state index in [1.54, 1.807) is 0 Å². The smallest absolute Gasteiger partial charge is 0.132 e. The van der Waals surface area contributed by atoms with Gasteiger partial charge < -0.3 is 5.73 Å². The number of rotatable bonds is 11. The minimum absolute atomic E-state index is 0.451. The van der Waals surface area contributed by atoms with Crippen LogP contribution in [0.25, 0.3) is 0 Å². The van der Waals surface area contributed by atoms with Crippen LogP contribution in [-0.4, -0.2) is 12.3 Å². The van der Waals surface area contributed by atoms with Gasteiger partial charge in [0, 0.05) is 12.8 Å². The first kappa shape index (κ1) is 15.6. The van der Waals surface area contributed by atoms with E-state index in [0.29, 0.717) is 11.7 Å². The molecule has 0 aliphatic carbocycles. The second-order valence-corrected chi connectivity index (χ2v) is 4.74. The largest absolute Gasteiger partial charge is 0.330 e. The van der Waals surface area contributed by atoms with Crippen molar-refractivity contribution >= 4 is 5.78 Å². The third-order valence-corrected chi connectivity index (χ3v) is 3.29. The second kappa shape index (κ2) is 11.1. The summed E-state index contributed by atoms with van der Waals surface area (Å²) in [6, 6.07) is 0. The van der Waals surface area contributed by atoms with Crippen LogP contribution in [0.3, 0.4) is 0 Å². The molecule has 0 saturated heterocycles. The molecule has 2 heteroatoms. The number of unbranched alkanes of at least 4 members (excludes halogenated alkanes) is 3. The molecule has 0 aromatic heterocycles. The Hall–Kier alpha value is -0.370. The van der Waals surface area contributed by atoms with E-state index in [9.17, 15) is 4.79 Å². The fourth-order valence-corrected chi connectivity index (χ4v) is 2.03. The Morgan fingerprint density at radius 1 is 1.06 bits per heavy atom. The number of hydrogen-bond donors (Lipinski definition) is 1. The van der Waals surface area contributed by atoms with Crippen LogP contribution in [-0.2, 0) is 4.79 Å². The maximum Gasteiger partial charge on any atom is 0.132 e. The first-order valence-corrected chi connectivity index (χ1v) is 6.96. The van der Waals surface area contributed by atoms with E-state index in [4.69, 9.17) is 5.73 Å². The maximum atomic E-state index is 11.6. The number of nitrogens with two attached hydrogens (primary N) is 1. The highest BCUT2D eigenvalue weighted by molar-refractivity contribution is 5.78. The van der Waals surface area contributed by atoms with Gasteiger partial charge in [-0.15, -0.1) is 0 Å². The molecule has 0 fully saturated rings. The molecule has 0 amide bonds. The lowest BCUT2D eigenvalue weighted by Gasteiger charge is -2.12. The molecule has 0 spiro atoms. The fourth-order valence-electron chi connectivity index (χ4n) is 2.03. The Labute approximate surface area is 101 Å². The normalized spacial score (nSPS) is 12.7. The van der Waals surface area contributed by atoms with Gasteiger partial charge in [-0.25, -0.2) is 0 Å². The molecular formula is C14H29NO. The van der Waals surface area contributed by atoms with Crippen molar-refractivity contribution in [1.82, 2.24) is 0 Å². The maximum absolute atomic E-state index is 11.6. The molecule has 0 saturated carbocycles. The lowest BCUT2D eigenvalue weighted by molar-refractivity contribution is -0.119. The Bertz CT molecular complexity index is 168. The summed E-state index contributed by atoms with van der Waals surface area (Å²) in [5.74, 6) is 1.11.